The molecule has 0 saturated carbocycles. The molecule has 0 radical (unpaired) electrons. The molecular formula is C26H30ClFN4O. The van der Waals surface area contributed by atoms with Crippen molar-refractivity contribution in [3.05, 3.63) is 81.9 Å². The summed E-state index contributed by atoms with van der Waals surface area (Å²) in [6, 6.07) is 13.7. The van der Waals surface area contributed by atoms with Crippen molar-refractivity contribution in [2.45, 2.75) is 40.3 Å². The first-order chi connectivity index (χ1) is 15.9. The van der Waals surface area contributed by atoms with Crippen LogP contribution < -0.4 is 0 Å². The average Bonchev–Trinajstić information content (AvgIpc) is 3.16. The first-order valence-electron chi connectivity index (χ1n) is 11.5. The molecule has 5 nitrogen and oxygen atoms in total. The molecule has 4 rings (SSSR count). The van der Waals surface area contributed by atoms with Gasteiger partial charge in [-0.2, -0.15) is 5.10 Å². The highest BCUT2D eigenvalue weighted by Gasteiger charge is 2.28. The third-order valence-electron chi connectivity index (χ3n) is 6.04. The fourth-order valence-electron chi connectivity index (χ4n) is 4.41. The summed E-state index contributed by atoms with van der Waals surface area (Å²) in [4.78, 5) is 17.7. The number of benzene rings is 2. The van der Waals surface area contributed by atoms with Crippen molar-refractivity contribution in [3.63, 3.8) is 0 Å². The van der Waals surface area contributed by atoms with Crippen molar-refractivity contribution in [2.24, 2.45) is 5.92 Å². The maximum absolute atomic E-state index is 14.0. The Kier molecular flexibility index (Phi) is 7.15. The van der Waals surface area contributed by atoms with E-state index in [1.807, 2.05) is 27.8 Å². The summed E-state index contributed by atoms with van der Waals surface area (Å²) in [5.41, 5.74) is 4.28. The molecular weight excluding hydrogens is 439 g/mol. The highest BCUT2D eigenvalue weighted by atomic mass is 35.5. The second kappa shape index (κ2) is 10.1. The molecule has 0 saturated heterocycles. The topological polar surface area (TPSA) is 41.4 Å². The molecule has 7 heteroatoms. The fourth-order valence-corrected chi connectivity index (χ4v) is 4.62. The van der Waals surface area contributed by atoms with Crippen LogP contribution in [0.3, 0.4) is 0 Å². The Hall–Kier alpha value is -2.70. The smallest absolute Gasteiger partial charge is 0.255 e. The maximum Gasteiger partial charge on any atom is 0.255 e. The Balaban J connectivity index is 1.74. The molecule has 174 valence electrons. The van der Waals surface area contributed by atoms with Crippen LogP contribution in [-0.4, -0.2) is 45.1 Å². The molecule has 1 amide bonds. The lowest BCUT2D eigenvalue weighted by molar-refractivity contribution is 0.0719. The SMILES string of the molecule is CCN1CCc2c(c(CN(CC(C)C)C(=O)c3ccccc3Cl)nn2-c2cccc(F)c2)C1. The van der Waals surface area contributed by atoms with Gasteiger partial charge in [-0.15, -0.1) is 0 Å². The summed E-state index contributed by atoms with van der Waals surface area (Å²) in [6.45, 7) is 9.93. The van der Waals surface area contributed by atoms with Crippen LogP contribution in [0.25, 0.3) is 5.69 Å². The molecule has 0 fully saturated rings. The van der Waals surface area contributed by atoms with Gasteiger partial charge in [0.2, 0.25) is 0 Å². The molecule has 1 aliphatic heterocycles. The maximum atomic E-state index is 14.0. The molecule has 1 aromatic heterocycles. The fraction of sp³-hybridized carbons (Fsp3) is 0.385. The van der Waals surface area contributed by atoms with Crippen LogP contribution in [-0.2, 0) is 19.5 Å². The highest BCUT2D eigenvalue weighted by Crippen LogP contribution is 2.28. The van der Waals surface area contributed by atoms with E-state index in [0.29, 0.717) is 29.4 Å². The minimum Gasteiger partial charge on any atom is -0.332 e. The summed E-state index contributed by atoms with van der Waals surface area (Å²) >= 11 is 6.35. The third-order valence-corrected chi connectivity index (χ3v) is 6.37. The van der Waals surface area contributed by atoms with E-state index >= 15 is 0 Å². The summed E-state index contributed by atoms with van der Waals surface area (Å²) in [5, 5.41) is 5.36. The zero-order chi connectivity index (χ0) is 23.5. The predicted octanol–water partition coefficient (Wildman–Crippen LogP) is 5.34. The number of carbonyl (C=O) groups excluding carboxylic acids is 1. The molecule has 33 heavy (non-hydrogen) atoms. The quantitative estimate of drug-likeness (QED) is 0.470. The van der Waals surface area contributed by atoms with Gasteiger partial charge in [-0.25, -0.2) is 9.07 Å². The van der Waals surface area contributed by atoms with E-state index in [9.17, 15) is 9.18 Å². The van der Waals surface area contributed by atoms with Crippen molar-refractivity contribution >= 4 is 17.5 Å². The van der Waals surface area contributed by atoms with Gasteiger partial charge in [-0.3, -0.25) is 9.69 Å². The zero-order valence-corrected chi connectivity index (χ0v) is 20.1. The minimum atomic E-state index is -0.292. The number of halogens is 2. The average molecular weight is 469 g/mol. The minimum absolute atomic E-state index is 0.105. The molecule has 1 aliphatic rings. The molecule has 0 spiro atoms. The van der Waals surface area contributed by atoms with E-state index < -0.39 is 0 Å². The van der Waals surface area contributed by atoms with E-state index in [4.69, 9.17) is 16.7 Å². The Morgan fingerprint density at radius 1 is 1.21 bits per heavy atom. The Labute approximate surface area is 199 Å². The number of nitrogens with zero attached hydrogens (tertiary/aromatic N) is 4. The molecule has 0 unspecified atom stereocenters. The zero-order valence-electron chi connectivity index (χ0n) is 19.4. The molecule has 2 heterocycles. The van der Waals surface area contributed by atoms with Gasteiger partial charge in [0.1, 0.15) is 5.82 Å². The second-order valence-electron chi connectivity index (χ2n) is 8.94. The number of aromatic nitrogens is 2. The lowest BCUT2D eigenvalue weighted by atomic mass is 10.0. The van der Waals surface area contributed by atoms with Gasteiger partial charge in [0.25, 0.3) is 5.91 Å². The molecule has 0 bridgehead atoms. The van der Waals surface area contributed by atoms with Crippen LogP contribution in [0.1, 0.15) is 48.1 Å². The van der Waals surface area contributed by atoms with Crippen molar-refractivity contribution in [2.75, 3.05) is 19.6 Å². The Bertz CT molecular complexity index is 1140. The largest absolute Gasteiger partial charge is 0.332 e. The number of fused-ring (bicyclic) bond motifs is 1. The van der Waals surface area contributed by atoms with Gasteiger partial charge in [0.15, 0.2) is 0 Å². The van der Waals surface area contributed by atoms with Crippen LogP contribution in [0, 0.1) is 11.7 Å². The molecule has 0 N–H and O–H groups in total. The molecule has 0 aliphatic carbocycles. The standard InChI is InChI=1S/C26H30ClFN4O/c1-4-30-13-12-25-22(16-30)24(29-32(25)20-9-7-8-19(28)14-20)17-31(15-18(2)3)26(33)21-10-5-6-11-23(21)27/h5-11,14,18H,4,12-13,15-17H2,1-3H3. The predicted molar refractivity (Wildman–Crippen MR) is 129 cm³/mol. The third kappa shape index (κ3) is 5.12. The number of hydrogen-bond acceptors (Lipinski definition) is 3. The van der Waals surface area contributed by atoms with E-state index in [2.05, 4.69) is 25.7 Å². The van der Waals surface area contributed by atoms with Crippen LogP contribution in [0.15, 0.2) is 48.5 Å². The highest BCUT2D eigenvalue weighted by molar-refractivity contribution is 6.33. The van der Waals surface area contributed by atoms with Gasteiger partial charge < -0.3 is 4.90 Å². The molecule has 3 aromatic rings. The van der Waals surface area contributed by atoms with Crippen molar-refractivity contribution in [3.8, 4) is 5.69 Å². The lowest BCUT2D eigenvalue weighted by Gasteiger charge is -2.28. The summed E-state index contributed by atoms with van der Waals surface area (Å²) in [7, 11) is 0. The second-order valence-corrected chi connectivity index (χ2v) is 9.35. The van der Waals surface area contributed by atoms with Gasteiger partial charge in [-0.05, 0) is 42.8 Å². The van der Waals surface area contributed by atoms with E-state index in [1.165, 1.54) is 12.1 Å². The van der Waals surface area contributed by atoms with Crippen molar-refractivity contribution in [1.82, 2.24) is 19.6 Å². The van der Waals surface area contributed by atoms with Gasteiger partial charge >= 0.3 is 0 Å². The monoisotopic (exact) mass is 468 g/mol. The Morgan fingerprint density at radius 3 is 2.70 bits per heavy atom. The number of carbonyl (C=O) groups is 1. The normalized spacial score (nSPS) is 13.9. The first kappa shape index (κ1) is 23.5. The van der Waals surface area contributed by atoms with Crippen LogP contribution in [0.5, 0.6) is 0 Å². The van der Waals surface area contributed by atoms with Gasteiger partial charge in [0.05, 0.1) is 34.2 Å². The number of rotatable bonds is 7. The lowest BCUT2D eigenvalue weighted by Crippen LogP contribution is -2.35. The van der Waals surface area contributed by atoms with Crippen molar-refractivity contribution < 1.29 is 9.18 Å². The summed E-state index contributed by atoms with van der Waals surface area (Å²) < 4.78 is 15.8. The van der Waals surface area contributed by atoms with E-state index in [-0.39, 0.29) is 17.6 Å². The molecule has 2 aromatic carbocycles. The number of likely N-dealkylation sites (N-methyl/N-ethyl adjacent to an activating group) is 1. The Morgan fingerprint density at radius 2 is 2.00 bits per heavy atom. The van der Waals surface area contributed by atoms with Crippen LogP contribution in [0.4, 0.5) is 4.39 Å². The van der Waals surface area contributed by atoms with Crippen molar-refractivity contribution in [1.29, 1.82) is 0 Å². The molecule has 0 atom stereocenters. The summed E-state index contributed by atoms with van der Waals surface area (Å²) in [5.74, 6) is -0.115. The van der Waals surface area contributed by atoms with Crippen LogP contribution in [0.2, 0.25) is 5.02 Å². The van der Waals surface area contributed by atoms with E-state index in [0.717, 1.165) is 43.0 Å². The van der Waals surface area contributed by atoms with Gasteiger partial charge in [0, 0.05) is 31.6 Å². The van der Waals surface area contributed by atoms with Crippen LogP contribution >= 0.6 is 11.6 Å². The van der Waals surface area contributed by atoms with Gasteiger partial charge in [-0.1, -0.05) is 50.6 Å². The number of hydrogen-bond donors (Lipinski definition) is 0. The van der Waals surface area contributed by atoms with E-state index in [1.54, 1.807) is 18.2 Å². The first-order valence-corrected chi connectivity index (χ1v) is 11.9. The summed E-state index contributed by atoms with van der Waals surface area (Å²) in [6.07, 6.45) is 0.829. The number of amides is 1.